The van der Waals surface area contributed by atoms with Gasteiger partial charge in [-0.1, -0.05) is 6.92 Å². The Bertz CT molecular complexity index is 1010. The van der Waals surface area contributed by atoms with Gasteiger partial charge in [0.05, 0.1) is 25.9 Å². The summed E-state index contributed by atoms with van der Waals surface area (Å²) in [4.78, 5) is 29.2. The van der Waals surface area contributed by atoms with Gasteiger partial charge in [0.2, 0.25) is 0 Å². The summed E-state index contributed by atoms with van der Waals surface area (Å²) in [5, 5.41) is 3.59. The number of hydrogen-bond donors (Lipinski definition) is 1. The Labute approximate surface area is 172 Å². The second-order valence-electron chi connectivity index (χ2n) is 6.08. The van der Waals surface area contributed by atoms with Gasteiger partial charge in [0.1, 0.15) is 16.4 Å². The fourth-order valence-corrected chi connectivity index (χ4v) is 3.68. The lowest BCUT2D eigenvalue weighted by Crippen LogP contribution is -2.13. The molecule has 0 bridgehead atoms. The Kier molecular flexibility index (Phi) is 6.66. The van der Waals surface area contributed by atoms with Crippen LogP contribution in [0, 0.1) is 0 Å². The van der Waals surface area contributed by atoms with Crippen molar-refractivity contribution in [1.82, 2.24) is 4.98 Å². The van der Waals surface area contributed by atoms with Crippen LogP contribution in [0.1, 0.15) is 40.3 Å². The van der Waals surface area contributed by atoms with Crippen molar-refractivity contribution in [2.45, 2.75) is 20.3 Å². The Balaban J connectivity index is 1.87. The second kappa shape index (κ2) is 9.38. The summed E-state index contributed by atoms with van der Waals surface area (Å²) in [5.41, 5.74) is 0.325. The molecular weight excluding hydrogens is 392 g/mol. The molecule has 0 saturated carbocycles. The van der Waals surface area contributed by atoms with Crippen LogP contribution >= 0.6 is 11.3 Å². The number of esters is 1. The summed E-state index contributed by atoms with van der Waals surface area (Å²) < 4.78 is 17.0. The molecule has 8 heteroatoms. The van der Waals surface area contributed by atoms with Gasteiger partial charge >= 0.3 is 5.97 Å². The summed E-state index contributed by atoms with van der Waals surface area (Å²) in [7, 11) is 1.60. The van der Waals surface area contributed by atoms with Crippen molar-refractivity contribution in [3.05, 3.63) is 47.0 Å². The number of amides is 1. The number of carbonyl (C=O) groups is 2. The van der Waals surface area contributed by atoms with Crippen LogP contribution in [0.25, 0.3) is 10.1 Å². The van der Waals surface area contributed by atoms with Crippen LogP contribution in [0.4, 0.5) is 5.82 Å². The summed E-state index contributed by atoms with van der Waals surface area (Å²) in [5.74, 6) is 0.782. The lowest BCUT2D eigenvalue weighted by Gasteiger charge is -2.08. The highest BCUT2D eigenvalue weighted by Gasteiger charge is 2.21. The maximum atomic E-state index is 12.9. The van der Waals surface area contributed by atoms with Crippen molar-refractivity contribution in [2.75, 3.05) is 25.6 Å². The van der Waals surface area contributed by atoms with Gasteiger partial charge in [-0.2, -0.15) is 0 Å². The molecule has 152 valence electrons. The summed E-state index contributed by atoms with van der Waals surface area (Å²) >= 11 is 1.34. The van der Waals surface area contributed by atoms with Crippen molar-refractivity contribution in [3.8, 4) is 11.5 Å². The number of hydrogen-bond acceptors (Lipinski definition) is 7. The maximum Gasteiger partial charge on any atom is 0.339 e. The highest BCUT2D eigenvalue weighted by Crippen LogP contribution is 2.40. The van der Waals surface area contributed by atoms with Crippen molar-refractivity contribution in [2.24, 2.45) is 0 Å². The third-order valence-corrected chi connectivity index (χ3v) is 5.17. The highest BCUT2D eigenvalue weighted by molar-refractivity contribution is 7.21. The van der Waals surface area contributed by atoms with Crippen molar-refractivity contribution >= 4 is 39.1 Å². The Morgan fingerprint density at radius 3 is 2.66 bits per heavy atom. The topological polar surface area (TPSA) is 86.8 Å². The first-order chi connectivity index (χ1) is 14.1. The smallest absolute Gasteiger partial charge is 0.339 e. The van der Waals surface area contributed by atoms with Gasteiger partial charge in [0.25, 0.3) is 5.91 Å². The molecule has 1 N–H and O–H groups in total. The van der Waals surface area contributed by atoms with Crippen LogP contribution in [-0.2, 0) is 4.74 Å². The zero-order valence-corrected chi connectivity index (χ0v) is 17.3. The molecule has 0 unspecified atom stereocenters. The minimum Gasteiger partial charge on any atom is -0.497 e. The number of pyridine rings is 1. The van der Waals surface area contributed by atoms with Gasteiger partial charge in [0.15, 0.2) is 5.75 Å². The maximum absolute atomic E-state index is 12.9. The number of anilines is 1. The van der Waals surface area contributed by atoms with Crippen LogP contribution in [0.15, 0.2) is 36.5 Å². The SMILES string of the molecule is CCCOc1c(C(=O)Nc2ccc(C(=O)OCC)cn2)sc2ccc(OC)cc12. The molecule has 2 heterocycles. The average Bonchev–Trinajstić information content (AvgIpc) is 3.10. The van der Waals surface area contributed by atoms with Crippen molar-refractivity contribution in [3.63, 3.8) is 0 Å². The van der Waals surface area contributed by atoms with Crippen molar-refractivity contribution < 1.29 is 23.8 Å². The zero-order chi connectivity index (χ0) is 20.8. The van der Waals surface area contributed by atoms with E-state index in [1.807, 2.05) is 25.1 Å². The Hall–Kier alpha value is -3.13. The molecule has 0 atom stereocenters. The Morgan fingerprint density at radius 2 is 2.00 bits per heavy atom. The number of aromatic nitrogens is 1. The molecule has 0 saturated heterocycles. The number of thiophene rings is 1. The van der Waals surface area contributed by atoms with E-state index in [0.29, 0.717) is 34.4 Å². The van der Waals surface area contributed by atoms with E-state index in [9.17, 15) is 9.59 Å². The summed E-state index contributed by atoms with van der Waals surface area (Å²) in [6.07, 6.45) is 2.19. The number of benzene rings is 1. The first kappa shape index (κ1) is 20.6. The fraction of sp³-hybridized carbons (Fsp3) is 0.286. The lowest BCUT2D eigenvalue weighted by molar-refractivity contribution is 0.0526. The third kappa shape index (κ3) is 4.65. The number of nitrogens with one attached hydrogen (secondary N) is 1. The quantitative estimate of drug-likeness (QED) is 0.545. The van der Waals surface area contributed by atoms with Crippen LogP contribution in [0.2, 0.25) is 0 Å². The number of rotatable bonds is 8. The highest BCUT2D eigenvalue weighted by atomic mass is 32.1. The monoisotopic (exact) mass is 414 g/mol. The first-order valence-corrected chi connectivity index (χ1v) is 10.1. The van der Waals surface area contributed by atoms with Crippen LogP contribution in [0.3, 0.4) is 0 Å². The number of ether oxygens (including phenoxy) is 3. The lowest BCUT2D eigenvalue weighted by atomic mass is 10.2. The van der Waals surface area contributed by atoms with E-state index < -0.39 is 5.97 Å². The van der Waals surface area contributed by atoms with E-state index in [-0.39, 0.29) is 12.5 Å². The third-order valence-electron chi connectivity index (χ3n) is 4.02. The van der Waals surface area contributed by atoms with Crippen molar-refractivity contribution in [1.29, 1.82) is 0 Å². The molecule has 3 aromatic rings. The van der Waals surface area contributed by atoms with E-state index in [2.05, 4.69) is 10.3 Å². The minimum absolute atomic E-state index is 0.286. The summed E-state index contributed by atoms with van der Waals surface area (Å²) in [6.45, 7) is 4.52. The van der Waals surface area contributed by atoms with Crippen LogP contribution in [0.5, 0.6) is 11.5 Å². The molecule has 1 amide bonds. The van der Waals surface area contributed by atoms with E-state index in [1.165, 1.54) is 17.5 Å². The average molecular weight is 414 g/mol. The molecule has 0 aliphatic heterocycles. The molecule has 29 heavy (non-hydrogen) atoms. The molecule has 0 radical (unpaired) electrons. The standard InChI is InChI=1S/C21H22N2O5S/c1-4-10-28-18-15-11-14(26-3)7-8-16(15)29-19(18)20(24)23-17-9-6-13(12-22-17)21(25)27-5-2/h6-9,11-12H,4-5,10H2,1-3H3,(H,22,23,24). The number of methoxy groups -OCH3 is 1. The first-order valence-electron chi connectivity index (χ1n) is 9.25. The molecule has 7 nitrogen and oxygen atoms in total. The van der Waals surface area contributed by atoms with Gasteiger partial charge in [-0.15, -0.1) is 11.3 Å². The van der Waals surface area contributed by atoms with Gasteiger partial charge in [-0.25, -0.2) is 9.78 Å². The molecule has 2 aromatic heterocycles. The van der Waals surface area contributed by atoms with E-state index >= 15 is 0 Å². The fourth-order valence-electron chi connectivity index (χ4n) is 2.65. The zero-order valence-electron chi connectivity index (χ0n) is 16.5. The molecule has 0 aliphatic rings. The summed E-state index contributed by atoms with van der Waals surface area (Å²) in [6, 6.07) is 8.73. The predicted molar refractivity (Wildman–Crippen MR) is 112 cm³/mol. The number of carbonyl (C=O) groups excluding carboxylic acids is 2. The van der Waals surface area contributed by atoms with E-state index in [4.69, 9.17) is 14.2 Å². The normalized spacial score (nSPS) is 10.6. The van der Waals surface area contributed by atoms with Crippen LogP contribution in [-0.4, -0.2) is 37.2 Å². The van der Waals surface area contributed by atoms with Crippen LogP contribution < -0.4 is 14.8 Å². The van der Waals surface area contributed by atoms with E-state index in [0.717, 1.165) is 16.5 Å². The van der Waals surface area contributed by atoms with Gasteiger partial charge in [0, 0.05) is 16.3 Å². The molecule has 0 spiro atoms. The van der Waals surface area contributed by atoms with Gasteiger partial charge in [-0.05, 0) is 43.7 Å². The van der Waals surface area contributed by atoms with Gasteiger partial charge < -0.3 is 19.5 Å². The largest absolute Gasteiger partial charge is 0.497 e. The molecule has 0 fully saturated rings. The minimum atomic E-state index is -0.452. The molecular formula is C21H22N2O5S. The molecule has 0 aliphatic carbocycles. The number of fused-ring (bicyclic) bond motifs is 1. The Morgan fingerprint density at radius 1 is 1.17 bits per heavy atom. The van der Waals surface area contributed by atoms with Gasteiger partial charge in [-0.3, -0.25) is 4.79 Å². The second-order valence-corrected chi connectivity index (χ2v) is 7.13. The van der Waals surface area contributed by atoms with E-state index in [1.54, 1.807) is 26.2 Å². The molecule has 3 rings (SSSR count). The molecule has 1 aromatic carbocycles. The predicted octanol–water partition coefficient (Wildman–Crippen LogP) is 4.52. The number of nitrogens with zero attached hydrogens (tertiary/aromatic N) is 1.